The molecule has 0 amide bonds. The normalized spacial score (nSPS) is 18.5. The van der Waals surface area contributed by atoms with Crippen molar-refractivity contribution in [2.24, 2.45) is 5.92 Å². The molecular formula is C15H20N6. The molecule has 0 aromatic carbocycles. The van der Waals surface area contributed by atoms with E-state index in [1.807, 2.05) is 13.2 Å². The van der Waals surface area contributed by atoms with Crippen molar-refractivity contribution < 1.29 is 0 Å². The number of hydrogen-bond acceptors (Lipinski definition) is 6. The second-order valence-corrected chi connectivity index (χ2v) is 5.32. The van der Waals surface area contributed by atoms with Gasteiger partial charge in [0.1, 0.15) is 11.6 Å². The smallest absolute Gasteiger partial charge is 0.147 e. The van der Waals surface area contributed by atoms with Crippen molar-refractivity contribution >= 4 is 11.6 Å². The van der Waals surface area contributed by atoms with Crippen LogP contribution in [-0.2, 0) is 6.42 Å². The van der Waals surface area contributed by atoms with Gasteiger partial charge in [-0.2, -0.15) is 0 Å². The maximum absolute atomic E-state index is 4.47. The number of nitrogens with one attached hydrogen (secondary N) is 1. The zero-order chi connectivity index (χ0) is 14.5. The first-order chi connectivity index (χ1) is 10.4. The van der Waals surface area contributed by atoms with Gasteiger partial charge in [0.2, 0.25) is 0 Å². The third-order valence-corrected chi connectivity index (χ3v) is 3.89. The third kappa shape index (κ3) is 3.26. The molecule has 1 aliphatic heterocycles. The molecule has 1 fully saturated rings. The summed E-state index contributed by atoms with van der Waals surface area (Å²) in [5.41, 5.74) is 1.05. The van der Waals surface area contributed by atoms with Gasteiger partial charge in [-0.15, -0.1) is 0 Å². The molecule has 3 heterocycles. The van der Waals surface area contributed by atoms with Crippen LogP contribution in [0.5, 0.6) is 0 Å². The lowest BCUT2D eigenvalue weighted by Crippen LogP contribution is -2.37. The average Bonchev–Trinajstić information content (AvgIpc) is 2.56. The molecule has 2 aromatic heterocycles. The average molecular weight is 284 g/mol. The maximum atomic E-state index is 4.47. The molecule has 0 unspecified atom stereocenters. The van der Waals surface area contributed by atoms with E-state index in [-0.39, 0.29) is 0 Å². The Labute approximate surface area is 124 Å². The van der Waals surface area contributed by atoms with Crippen LogP contribution in [0.3, 0.4) is 0 Å². The number of rotatable bonds is 4. The quantitative estimate of drug-likeness (QED) is 0.923. The van der Waals surface area contributed by atoms with Crippen molar-refractivity contribution in [2.45, 2.75) is 19.3 Å². The van der Waals surface area contributed by atoms with Gasteiger partial charge in [-0.25, -0.2) is 9.97 Å². The Morgan fingerprint density at radius 2 is 2.05 bits per heavy atom. The van der Waals surface area contributed by atoms with E-state index in [9.17, 15) is 0 Å². The molecule has 1 atom stereocenters. The van der Waals surface area contributed by atoms with Gasteiger partial charge in [0.15, 0.2) is 0 Å². The molecule has 0 bridgehead atoms. The number of hydrogen-bond donors (Lipinski definition) is 1. The fourth-order valence-corrected chi connectivity index (χ4v) is 2.89. The molecule has 2 aromatic rings. The van der Waals surface area contributed by atoms with Crippen molar-refractivity contribution in [1.82, 2.24) is 19.9 Å². The van der Waals surface area contributed by atoms with Gasteiger partial charge >= 0.3 is 0 Å². The summed E-state index contributed by atoms with van der Waals surface area (Å²) in [5, 5.41) is 3.12. The van der Waals surface area contributed by atoms with Crippen LogP contribution in [0.2, 0.25) is 0 Å². The van der Waals surface area contributed by atoms with Gasteiger partial charge < -0.3 is 10.2 Å². The van der Waals surface area contributed by atoms with Gasteiger partial charge in [-0.05, 0) is 25.2 Å². The highest BCUT2D eigenvalue weighted by atomic mass is 15.2. The topological polar surface area (TPSA) is 66.8 Å². The molecule has 21 heavy (non-hydrogen) atoms. The summed E-state index contributed by atoms with van der Waals surface area (Å²) in [5.74, 6) is 2.42. The Morgan fingerprint density at radius 3 is 2.86 bits per heavy atom. The Kier molecular flexibility index (Phi) is 4.23. The van der Waals surface area contributed by atoms with Crippen molar-refractivity contribution in [1.29, 1.82) is 0 Å². The predicted octanol–water partition coefficient (Wildman–Crippen LogP) is 1.77. The summed E-state index contributed by atoms with van der Waals surface area (Å²) in [6.45, 7) is 2.05. The van der Waals surface area contributed by atoms with E-state index in [1.165, 1.54) is 12.8 Å². The summed E-state index contributed by atoms with van der Waals surface area (Å²) < 4.78 is 0. The second-order valence-electron chi connectivity index (χ2n) is 5.32. The molecule has 0 saturated carbocycles. The molecule has 0 radical (unpaired) electrons. The number of nitrogens with zero attached hydrogens (tertiary/aromatic N) is 5. The maximum Gasteiger partial charge on any atom is 0.147 e. The Morgan fingerprint density at radius 1 is 1.19 bits per heavy atom. The lowest BCUT2D eigenvalue weighted by atomic mass is 9.93. The van der Waals surface area contributed by atoms with Crippen LogP contribution in [-0.4, -0.2) is 40.1 Å². The summed E-state index contributed by atoms with van der Waals surface area (Å²) >= 11 is 0. The number of piperidine rings is 1. The van der Waals surface area contributed by atoms with Crippen molar-refractivity contribution in [3.63, 3.8) is 0 Å². The number of aromatic nitrogens is 4. The highest BCUT2D eigenvalue weighted by molar-refractivity contribution is 5.39. The minimum absolute atomic E-state index is 0.574. The molecule has 6 heteroatoms. The monoisotopic (exact) mass is 284 g/mol. The highest BCUT2D eigenvalue weighted by Crippen LogP contribution is 2.24. The minimum Gasteiger partial charge on any atom is -0.372 e. The SMILES string of the molecule is CNc1nccnc1C[C@@H]1CCCN(c2cnccn2)C1. The van der Waals surface area contributed by atoms with E-state index in [0.717, 1.165) is 36.8 Å². The first kappa shape index (κ1) is 13.7. The van der Waals surface area contributed by atoms with Crippen molar-refractivity contribution in [3.8, 4) is 0 Å². The van der Waals surface area contributed by atoms with Gasteiger partial charge in [0, 0.05) is 44.9 Å². The molecular weight excluding hydrogens is 264 g/mol. The van der Waals surface area contributed by atoms with Gasteiger partial charge in [0.05, 0.1) is 11.9 Å². The largest absolute Gasteiger partial charge is 0.372 e. The zero-order valence-corrected chi connectivity index (χ0v) is 12.2. The van der Waals surface area contributed by atoms with E-state index < -0.39 is 0 Å². The fraction of sp³-hybridized carbons (Fsp3) is 0.467. The lowest BCUT2D eigenvalue weighted by molar-refractivity contribution is 0.408. The Hall–Kier alpha value is -2.24. The van der Waals surface area contributed by atoms with Gasteiger partial charge in [-0.1, -0.05) is 0 Å². The second kappa shape index (κ2) is 6.47. The van der Waals surface area contributed by atoms with Gasteiger partial charge in [0.25, 0.3) is 0 Å². The zero-order valence-electron chi connectivity index (χ0n) is 12.2. The molecule has 1 N–H and O–H groups in total. The minimum atomic E-state index is 0.574. The molecule has 110 valence electrons. The van der Waals surface area contributed by atoms with Crippen LogP contribution < -0.4 is 10.2 Å². The van der Waals surface area contributed by atoms with Crippen LogP contribution in [0.25, 0.3) is 0 Å². The van der Waals surface area contributed by atoms with Gasteiger partial charge in [-0.3, -0.25) is 9.97 Å². The van der Waals surface area contributed by atoms with E-state index in [2.05, 4.69) is 30.2 Å². The molecule has 3 rings (SSSR count). The Bertz CT molecular complexity index is 573. The van der Waals surface area contributed by atoms with E-state index >= 15 is 0 Å². The lowest BCUT2D eigenvalue weighted by Gasteiger charge is -2.33. The molecule has 0 spiro atoms. The van der Waals surface area contributed by atoms with Crippen LogP contribution in [0.1, 0.15) is 18.5 Å². The summed E-state index contributed by atoms with van der Waals surface area (Å²) in [4.78, 5) is 19.7. The fourth-order valence-electron chi connectivity index (χ4n) is 2.89. The van der Waals surface area contributed by atoms with Crippen molar-refractivity contribution in [3.05, 3.63) is 36.7 Å². The first-order valence-corrected chi connectivity index (χ1v) is 7.35. The Balaban J connectivity index is 1.69. The van der Waals surface area contributed by atoms with Crippen LogP contribution in [0.4, 0.5) is 11.6 Å². The molecule has 6 nitrogen and oxygen atoms in total. The van der Waals surface area contributed by atoms with Crippen LogP contribution in [0.15, 0.2) is 31.0 Å². The summed E-state index contributed by atoms with van der Waals surface area (Å²) in [7, 11) is 1.89. The molecule has 0 aliphatic carbocycles. The standard InChI is InChI=1S/C15H20N6/c1-16-15-13(18-6-7-20-15)9-12-3-2-8-21(11-12)14-10-17-4-5-19-14/h4-7,10,12H,2-3,8-9,11H2,1H3,(H,16,20)/t12-/m0/s1. The van der Waals surface area contributed by atoms with E-state index in [1.54, 1.807) is 24.8 Å². The summed E-state index contributed by atoms with van der Waals surface area (Å²) in [6, 6.07) is 0. The van der Waals surface area contributed by atoms with E-state index in [0.29, 0.717) is 5.92 Å². The van der Waals surface area contributed by atoms with Crippen LogP contribution >= 0.6 is 0 Å². The van der Waals surface area contributed by atoms with Crippen molar-refractivity contribution in [2.75, 3.05) is 30.4 Å². The van der Waals surface area contributed by atoms with Crippen LogP contribution in [0, 0.1) is 5.92 Å². The predicted molar refractivity (Wildman–Crippen MR) is 82.3 cm³/mol. The molecule has 1 aliphatic rings. The molecule has 1 saturated heterocycles. The highest BCUT2D eigenvalue weighted by Gasteiger charge is 2.22. The van der Waals surface area contributed by atoms with E-state index in [4.69, 9.17) is 0 Å². The first-order valence-electron chi connectivity index (χ1n) is 7.35. The summed E-state index contributed by atoms with van der Waals surface area (Å²) in [6.07, 6.45) is 12.1. The number of anilines is 2. The third-order valence-electron chi connectivity index (χ3n) is 3.89.